The highest BCUT2D eigenvalue weighted by Crippen LogP contribution is 2.34. The van der Waals surface area contributed by atoms with Crippen molar-refractivity contribution in [1.29, 1.82) is 0 Å². The Bertz CT molecular complexity index is 903. The van der Waals surface area contributed by atoms with E-state index in [1.807, 2.05) is 19.1 Å². The Morgan fingerprint density at radius 2 is 2.00 bits per heavy atom. The van der Waals surface area contributed by atoms with E-state index in [0.29, 0.717) is 25.3 Å². The Labute approximate surface area is 190 Å². The molecular formula is C22H34N4O5S. The molecule has 0 spiro atoms. The number of aromatic nitrogens is 1. The maximum absolute atomic E-state index is 12.9. The summed E-state index contributed by atoms with van der Waals surface area (Å²) in [4.78, 5) is 19.3. The van der Waals surface area contributed by atoms with E-state index >= 15 is 0 Å². The Morgan fingerprint density at radius 3 is 2.75 bits per heavy atom. The first kappa shape index (κ1) is 23.3. The fourth-order valence-electron chi connectivity index (χ4n) is 5.13. The van der Waals surface area contributed by atoms with Crippen LogP contribution in [0.5, 0.6) is 0 Å². The molecule has 9 nitrogen and oxygen atoms in total. The molecule has 4 heterocycles. The zero-order valence-corrected chi connectivity index (χ0v) is 19.6. The van der Waals surface area contributed by atoms with Gasteiger partial charge in [-0.3, -0.25) is 4.90 Å². The van der Waals surface area contributed by atoms with Crippen molar-refractivity contribution < 1.29 is 22.7 Å². The number of pyridine rings is 1. The molecule has 3 aliphatic heterocycles. The minimum absolute atomic E-state index is 0.0934. The fourth-order valence-corrected chi connectivity index (χ4v) is 5.94. The molecule has 5 rings (SSSR count). The van der Waals surface area contributed by atoms with Crippen molar-refractivity contribution in [2.45, 2.75) is 75.6 Å². The zero-order chi connectivity index (χ0) is 22.7. The third-order valence-electron chi connectivity index (χ3n) is 6.69. The van der Waals surface area contributed by atoms with Crippen LogP contribution in [0.2, 0.25) is 0 Å². The summed E-state index contributed by atoms with van der Waals surface area (Å²) in [6.45, 7) is 3.14. The number of carbonyl (C=O) groups excluding carboxylic acids is 1. The minimum atomic E-state index is -3.41. The van der Waals surface area contributed by atoms with E-state index in [4.69, 9.17) is 14.5 Å². The Morgan fingerprint density at radius 1 is 1.22 bits per heavy atom. The third-order valence-corrected chi connectivity index (χ3v) is 7.42. The Kier molecular flexibility index (Phi) is 7.21. The second-order valence-corrected chi connectivity index (χ2v) is 11.0. The number of hydrogen-bond donors (Lipinski definition) is 2. The molecule has 1 amide bonds. The van der Waals surface area contributed by atoms with Gasteiger partial charge in [0.25, 0.3) is 0 Å². The van der Waals surface area contributed by atoms with Crippen LogP contribution in [0.25, 0.3) is 0 Å². The van der Waals surface area contributed by atoms with Crippen LogP contribution in [0.3, 0.4) is 0 Å². The first-order valence-electron chi connectivity index (χ1n) is 11.5. The quantitative estimate of drug-likeness (QED) is 0.689. The van der Waals surface area contributed by atoms with Crippen molar-refractivity contribution in [3.63, 3.8) is 0 Å². The van der Waals surface area contributed by atoms with Crippen molar-refractivity contribution in [1.82, 2.24) is 14.6 Å². The highest BCUT2D eigenvalue weighted by molar-refractivity contribution is 7.88. The molecule has 2 N–H and O–H groups in total. The van der Waals surface area contributed by atoms with Crippen LogP contribution in [0, 0.1) is 0 Å². The van der Waals surface area contributed by atoms with E-state index in [1.165, 1.54) is 0 Å². The molecule has 3 atom stereocenters. The van der Waals surface area contributed by atoms with Crippen molar-refractivity contribution in [2.75, 3.05) is 31.3 Å². The molecule has 32 heavy (non-hydrogen) atoms. The first-order valence-corrected chi connectivity index (χ1v) is 13.4. The monoisotopic (exact) mass is 466 g/mol. The predicted molar refractivity (Wildman–Crippen MR) is 121 cm³/mol. The molecule has 178 valence electrons. The van der Waals surface area contributed by atoms with E-state index in [2.05, 4.69) is 16.1 Å². The van der Waals surface area contributed by atoms with Gasteiger partial charge in [0.05, 0.1) is 31.6 Å². The number of ether oxygens (including phenoxy) is 2. The van der Waals surface area contributed by atoms with Crippen molar-refractivity contribution in [3.8, 4) is 0 Å². The Balaban J connectivity index is 1.51. The third kappa shape index (κ3) is 5.71. The lowest BCUT2D eigenvalue weighted by Gasteiger charge is -2.33. The molecule has 0 radical (unpaired) electrons. The van der Waals surface area contributed by atoms with E-state index in [9.17, 15) is 13.2 Å². The average molecular weight is 467 g/mol. The molecule has 1 aromatic heterocycles. The first-order chi connectivity index (χ1) is 15.3. The normalized spacial score (nSPS) is 32.0. The number of sulfonamides is 1. The number of rotatable bonds is 2. The molecule has 4 bridgehead atoms. The highest BCUT2D eigenvalue weighted by atomic mass is 32.2. The van der Waals surface area contributed by atoms with Gasteiger partial charge in [0.15, 0.2) is 0 Å². The van der Waals surface area contributed by atoms with Gasteiger partial charge in [-0.1, -0.05) is 6.07 Å². The van der Waals surface area contributed by atoms with Gasteiger partial charge < -0.3 is 14.8 Å². The molecule has 1 saturated heterocycles. The fraction of sp³-hybridized carbons (Fsp3) is 0.727. The second-order valence-electron chi connectivity index (χ2n) is 9.21. The van der Waals surface area contributed by atoms with Gasteiger partial charge in [-0.15, -0.1) is 0 Å². The van der Waals surface area contributed by atoms with Crippen LogP contribution in [0.4, 0.5) is 10.6 Å². The summed E-state index contributed by atoms with van der Waals surface area (Å²) < 4.78 is 38.3. The van der Waals surface area contributed by atoms with Gasteiger partial charge in [0, 0.05) is 30.2 Å². The van der Waals surface area contributed by atoms with Crippen molar-refractivity contribution >= 4 is 21.9 Å². The smallest absolute Gasteiger partial charge is 0.410 e. The number of anilines is 1. The number of amides is 1. The summed E-state index contributed by atoms with van der Waals surface area (Å²) in [6.07, 6.45) is 5.84. The highest BCUT2D eigenvalue weighted by Gasteiger charge is 2.44. The van der Waals surface area contributed by atoms with Gasteiger partial charge in [-0.25, -0.2) is 22.9 Å². The predicted octanol–water partition coefficient (Wildman–Crippen LogP) is 2.46. The number of nitrogens with one attached hydrogen (secondary N) is 2. The van der Waals surface area contributed by atoms with Crippen molar-refractivity contribution in [3.05, 3.63) is 23.9 Å². The van der Waals surface area contributed by atoms with Gasteiger partial charge >= 0.3 is 6.09 Å². The van der Waals surface area contributed by atoms with Crippen LogP contribution in [-0.4, -0.2) is 74.6 Å². The summed E-state index contributed by atoms with van der Waals surface area (Å²) in [5, 5.41) is 3.32. The zero-order valence-electron chi connectivity index (χ0n) is 18.8. The number of fused-ring (bicyclic) bond motifs is 8. The summed E-state index contributed by atoms with van der Waals surface area (Å²) in [7, 11) is -3.41. The van der Waals surface area contributed by atoms with Crippen LogP contribution in [0.1, 0.15) is 57.1 Å². The Hall–Kier alpha value is -1.91. The molecule has 1 aliphatic carbocycles. The standard InChI is InChI=1S/C22H34N4O5S/c1-15-13-19(25-32(2,28)29)20-14-31-17-9-7-16(8-10-17)18-5-3-6-21(24-18)23-11-4-12-30-22(27)26(15)20/h3,5-6,15-17,19-20,25H,4,7-14H2,1-2H3,(H,23,24)/t15-,16?,17?,19+,20+/m1/s1. The van der Waals surface area contributed by atoms with Crippen molar-refractivity contribution in [2.24, 2.45) is 0 Å². The lowest BCUT2D eigenvalue weighted by atomic mass is 9.85. The molecule has 2 fully saturated rings. The summed E-state index contributed by atoms with van der Waals surface area (Å²) in [6, 6.07) is 5.16. The largest absolute Gasteiger partial charge is 0.449 e. The maximum Gasteiger partial charge on any atom is 0.410 e. The molecular weight excluding hydrogens is 432 g/mol. The van der Waals surface area contributed by atoms with Crippen LogP contribution >= 0.6 is 0 Å². The van der Waals surface area contributed by atoms with E-state index < -0.39 is 28.2 Å². The maximum atomic E-state index is 12.9. The SMILES string of the molecule is C[C@@H]1C[C@H](NS(C)(=O)=O)[C@@H]2COC3CCC(CC3)c3cccc(n3)NCCCOC(=O)N12. The van der Waals surface area contributed by atoms with Gasteiger partial charge in [-0.2, -0.15) is 0 Å². The van der Waals surface area contributed by atoms with Gasteiger partial charge in [0.1, 0.15) is 5.82 Å². The lowest BCUT2D eigenvalue weighted by molar-refractivity contribution is -0.0105. The number of hydrogen-bond acceptors (Lipinski definition) is 7. The lowest BCUT2D eigenvalue weighted by Crippen LogP contribution is -2.50. The van der Waals surface area contributed by atoms with E-state index in [1.54, 1.807) is 4.90 Å². The summed E-state index contributed by atoms with van der Waals surface area (Å²) in [5.74, 6) is 1.26. The molecule has 1 saturated carbocycles. The topological polar surface area (TPSA) is 110 Å². The van der Waals surface area contributed by atoms with Gasteiger partial charge in [0.2, 0.25) is 10.0 Å². The molecule has 4 aliphatic rings. The summed E-state index contributed by atoms with van der Waals surface area (Å²) >= 11 is 0. The summed E-state index contributed by atoms with van der Waals surface area (Å²) in [5.41, 5.74) is 1.11. The van der Waals surface area contributed by atoms with Crippen LogP contribution < -0.4 is 10.0 Å². The number of nitrogens with zero attached hydrogens (tertiary/aromatic N) is 2. The minimum Gasteiger partial charge on any atom is -0.449 e. The van der Waals surface area contributed by atoms with E-state index in [0.717, 1.165) is 43.5 Å². The molecule has 1 aromatic rings. The molecule has 0 unspecified atom stereocenters. The number of carbonyl (C=O) groups is 1. The van der Waals surface area contributed by atoms with Crippen LogP contribution in [0.15, 0.2) is 18.2 Å². The van der Waals surface area contributed by atoms with Gasteiger partial charge in [-0.05, 0) is 57.6 Å². The second kappa shape index (κ2) is 9.93. The van der Waals surface area contributed by atoms with E-state index in [-0.39, 0.29) is 25.4 Å². The molecule has 10 heteroatoms. The molecule has 0 aromatic carbocycles. The average Bonchev–Trinajstić information content (AvgIpc) is 3.05. The van der Waals surface area contributed by atoms with Crippen LogP contribution in [-0.2, 0) is 19.5 Å².